The van der Waals surface area contributed by atoms with E-state index in [4.69, 9.17) is 9.47 Å². The molecule has 1 amide bonds. The van der Waals surface area contributed by atoms with Gasteiger partial charge in [-0.15, -0.1) is 0 Å². The molecule has 1 unspecified atom stereocenters. The summed E-state index contributed by atoms with van der Waals surface area (Å²) in [6.45, 7) is 1.53. The molecule has 3 aromatic carbocycles. The number of Topliss-reactive ketones (excluding diaryl/α,β-unsaturated/α-hetero) is 1. The first-order chi connectivity index (χ1) is 16.8. The third-order valence-corrected chi connectivity index (χ3v) is 5.83. The monoisotopic (exact) mass is 475 g/mol. The molecule has 1 N–H and O–H groups in total. The lowest BCUT2D eigenvalue weighted by atomic mass is 9.94. The van der Waals surface area contributed by atoms with Crippen LogP contribution in [0, 0.1) is 12.7 Å². The van der Waals surface area contributed by atoms with Crippen LogP contribution in [0.1, 0.15) is 33.1 Å². The normalized spacial score (nSPS) is 16.9. The van der Waals surface area contributed by atoms with Crippen molar-refractivity contribution in [1.29, 1.82) is 0 Å². The number of hydrogen-bond donors (Lipinski definition) is 1. The van der Waals surface area contributed by atoms with E-state index in [9.17, 15) is 23.9 Å². The quantitative estimate of drug-likeness (QED) is 0.252. The first-order valence-corrected chi connectivity index (χ1v) is 10.7. The molecule has 0 saturated carbocycles. The lowest BCUT2D eigenvalue weighted by molar-refractivity contribution is -0.132. The molecule has 1 aliphatic rings. The minimum absolute atomic E-state index is 0.169. The molecule has 1 saturated heterocycles. The van der Waals surface area contributed by atoms with Crippen molar-refractivity contribution >= 4 is 29.1 Å². The number of nitrogens with zero attached hydrogens (tertiary/aromatic N) is 1. The number of rotatable bonds is 5. The van der Waals surface area contributed by atoms with Crippen LogP contribution in [0.25, 0.3) is 5.76 Å². The smallest absolute Gasteiger partial charge is 0.337 e. The number of methoxy groups -OCH3 is 2. The van der Waals surface area contributed by atoms with Crippen molar-refractivity contribution in [3.8, 4) is 5.75 Å². The Kier molecular flexibility index (Phi) is 6.38. The van der Waals surface area contributed by atoms with Crippen molar-refractivity contribution in [3.05, 3.63) is 100 Å². The summed E-state index contributed by atoms with van der Waals surface area (Å²) in [6, 6.07) is 15.7. The van der Waals surface area contributed by atoms with E-state index in [0.29, 0.717) is 11.3 Å². The van der Waals surface area contributed by atoms with Gasteiger partial charge in [0.05, 0.1) is 31.4 Å². The number of carbonyl (C=O) groups is 3. The molecule has 8 heteroatoms. The molecule has 0 aliphatic carbocycles. The highest BCUT2D eigenvalue weighted by Crippen LogP contribution is 2.43. The molecule has 178 valence electrons. The second-order valence-corrected chi connectivity index (χ2v) is 7.95. The van der Waals surface area contributed by atoms with Crippen LogP contribution in [0.5, 0.6) is 5.75 Å². The average Bonchev–Trinajstić information content (AvgIpc) is 3.15. The van der Waals surface area contributed by atoms with Gasteiger partial charge in [-0.3, -0.25) is 14.5 Å². The Balaban J connectivity index is 1.96. The van der Waals surface area contributed by atoms with Gasteiger partial charge in [-0.1, -0.05) is 18.2 Å². The minimum Gasteiger partial charge on any atom is -0.507 e. The number of ketones is 1. The van der Waals surface area contributed by atoms with Crippen molar-refractivity contribution < 1.29 is 33.4 Å². The number of aliphatic hydroxyl groups is 1. The molecule has 3 aromatic rings. The summed E-state index contributed by atoms with van der Waals surface area (Å²) in [5, 5.41) is 11.2. The Labute approximate surface area is 201 Å². The molecule has 7 nitrogen and oxygen atoms in total. The molecule has 0 radical (unpaired) electrons. The molecular formula is C27H22FNO6. The number of halogens is 1. The van der Waals surface area contributed by atoms with Gasteiger partial charge in [-0.05, 0) is 66.6 Å². The molecule has 4 rings (SSSR count). The minimum atomic E-state index is -1.04. The lowest BCUT2D eigenvalue weighted by Crippen LogP contribution is -2.29. The summed E-state index contributed by atoms with van der Waals surface area (Å²) in [5.41, 5.74) is 1.23. The van der Waals surface area contributed by atoms with E-state index >= 15 is 0 Å². The third kappa shape index (κ3) is 4.26. The predicted octanol–water partition coefficient (Wildman–Crippen LogP) is 4.56. The van der Waals surface area contributed by atoms with E-state index in [1.54, 1.807) is 36.4 Å². The Morgan fingerprint density at radius 3 is 2.40 bits per heavy atom. The Bertz CT molecular complexity index is 1380. The summed E-state index contributed by atoms with van der Waals surface area (Å²) >= 11 is 0. The second kappa shape index (κ2) is 9.42. The Morgan fingerprint density at radius 2 is 1.71 bits per heavy atom. The Hall–Kier alpha value is -4.46. The first-order valence-electron chi connectivity index (χ1n) is 10.7. The summed E-state index contributed by atoms with van der Waals surface area (Å²) < 4.78 is 23.9. The van der Waals surface area contributed by atoms with Gasteiger partial charge >= 0.3 is 5.97 Å². The largest absolute Gasteiger partial charge is 0.507 e. The summed E-state index contributed by atoms with van der Waals surface area (Å²) in [6.07, 6.45) is 0. The maximum absolute atomic E-state index is 13.8. The van der Waals surface area contributed by atoms with Crippen LogP contribution in [0.15, 0.2) is 72.3 Å². The van der Waals surface area contributed by atoms with Gasteiger partial charge in [-0.25, -0.2) is 9.18 Å². The zero-order valence-electron chi connectivity index (χ0n) is 19.2. The zero-order valence-corrected chi connectivity index (χ0v) is 19.2. The van der Waals surface area contributed by atoms with Gasteiger partial charge in [0.1, 0.15) is 17.3 Å². The van der Waals surface area contributed by atoms with Crippen LogP contribution in [0.4, 0.5) is 10.1 Å². The number of amides is 1. The Morgan fingerprint density at radius 1 is 0.971 bits per heavy atom. The molecule has 0 bridgehead atoms. The highest BCUT2D eigenvalue weighted by molar-refractivity contribution is 6.51. The fourth-order valence-corrected chi connectivity index (χ4v) is 4.07. The molecule has 0 aromatic heterocycles. The van der Waals surface area contributed by atoms with E-state index in [-0.39, 0.29) is 28.0 Å². The van der Waals surface area contributed by atoms with Crippen LogP contribution in [-0.4, -0.2) is 37.0 Å². The molecule has 35 heavy (non-hydrogen) atoms. The van der Waals surface area contributed by atoms with Gasteiger partial charge < -0.3 is 14.6 Å². The highest BCUT2D eigenvalue weighted by atomic mass is 19.1. The number of anilines is 1. The van der Waals surface area contributed by atoms with E-state index in [0.717, 1.165) is 0 Å². The number of aryl methyl sites for hydroxylation is 1. The van der Waals surface area contributed by atoms with Crippen LogP contribution in [0.2, 0.25) is 0 Å². The molecule has 1 heterocycles. The van der Waals surface area contributed by atoms with Gasteiger partial charge in [0.25, 0.3) is 11.7 Å². The number of hydrogen-bond acceptors (Lipinski definition) is 6. The summed E-state index contributed by atoms with van der Waals surface area (Å²) in [7, 11) is 2.72. The van der Waals surface area contributed by atoms with E-state index in [1.165, 1.54) is 56.4 Å². The van der Waals surface area contributed by atoms with Gasteiger partial charge in [0, 0.05) is 11.3 Å². The maximum Gasteiger partial charge on any atom is 0.337 e. The van der Waals surface area contributed by atoms with Crippen molar-refractivity contribution in [3.63, 3.8) is 0 Å². The van der Waals surface area contributed by atoms with Crippen molar-refractivity contribution in [2.24, 2.45) is 0 Å². The SMILES string of the molecule is COC(=O)c1cccc(N2C(=O)C(=O)/C(=C(/O)c3ccc(F)c(C)c3)C2c2cccc(OC)c2)c1. The number of ether oxygens (including phenoxy) is 2. The van der Waals surface area contributed by atoms with E-state index in [2.05, 4.69) is 0 Å². The topological polar surface area (TPSA) is 93.1 Å². The number of esters is 1. The summed E-state index contributed by atoms with van der Waals surface area (Å²) in [4.78, 5) is 39.9. The molecule has 1 atom stereocenters. The fourth-order valence-electron chi connectivity index (χ4n) is 4.07. The van der Waals surface area contributed by atoms with E-state index in [1.807, 2.05) is 0 Å². The molecule has 1 aliphatic heterocycles. The fraction of sp³-hybridized carbons (Fsp3) is 0.148. The average molecular weight is 475 g/mol. The van der Waals surface area contributed by atoms with Crippen LogP contribution in [0.3, 0.4) is 0 Å². The van der Waals surface area contributed by atoms with Crippen LogP contribution < -0.4 is 9.64 Å². The van der Waals surface area contributed by atoms with Crippen LogP contribution >= 0.6 is 0 Å². The van der Waals surface area contributed by atoms with Crippen molar-refractivity contribution in [2.75, 3.05) is 19.1 Å². The number of benzene rings is 3. The zero-order chi connectivity index (χ0) is 25.3. The van der Waals surface area contributed by atoms with Gasteiger partial charge in [-0.2, -0.15) is 0 Å². The van der Waals surface area contributed by atoms with Crippen molar-refractivity contribution in [1.82, 2.24) is 0 Å². The standard InChI is InChI=1S/C27H22FNO6/c1-15-12-17(10-11-21(15)28)24(30)22-23(16-6-5-9-20(14-16)34-2)29(26(32)25(22)31)19-8-4-7-18(13-19)27(33)35-3/h4-14,23,30H,1-3H3/b24-22+. The third-order valence-electron chi connectivity index (χ3n) is 5.83. The molecule has 1 fully saturated rings. The highest BCUT2D eigenvalue weighted by Gasteiger charge is 2.47. The number of carbonyl (C=O) groups excluding carboxylic acids is 3. The molecule has 0 spiro atoms. The van der Waals surface area contributed by atoms with Gasteiger partial charge in [0.2, 0.25) is 0 Å². The maximum atomic E-state index is 13.8. The van der Waals surface area contributed by atoms with E-state index < -0.39 is 35.3 Å². The van der Waals surface area contributed by atoms with Crippen LogP contribution in [-0.2, 0) is 14.3 Å². The second-order valence-electron chi connectivity index (χ2n) is 7.95. The van der Waals surface area contributed by atoms with Crippen molar-refractivity contribution in [2.45, 2.75) is 13.0 Å². The first kappa shape index (κ1) is 23.7. The lowest BCUT2D eigenvalue weighted by Gasteiger charge is -2.26. The molecular weight excluding hydrogens is 453 g/mol. The predicted molar refractivity (Wildman–Crippen MR) is 127 cm³/mol. The number of aliphatic hydroxyl groups excluding tert-OH is 1. The van der Waals surface area contributed by atoms with Gasteiger partial charge in [0.15, 0.2) is 0 Å². The summed E-state index contributed by atoms with van der Waals surface area (Å²) in [5.74, 6) is -2.84.